The first-order valence-electron chi connectivity index (χ1n) is 6.44. The van der Waals surface area contributed by atoms with Crippen molar-refractivity contribution in [2.24, 2.45) is 0 Å². The minimum atomic E-state index is -0.245. The molecule has 2 rings (SSSR count). The molecule has 0 saturated heterocycles. The topological polar surface area (TPSA) is 73.6 Å². The molecule has 110 valence electrons. The normalized spacial score (nSPS) is 10.0. The van der Waals surface area contributed by atoms with E-state index in [9.17, 15) is 4.79 Å². The Kier molecular flexibility index (Phi) is 4.33. The Hall–Kier alpha value is -2.69. The minimum absolute atomic E-state index is 0.245. The molecular weight excluding hydrogens is 268 g/mol. The fraction of sp³-hybridized carbons (Fsp3) is 0.188. The average Bonchev–Trinajstić information content (AvgIpc) is 2.49. The fourth-order valence-corrected chi connectivity index (χ4v) is 1.94. The largest absolute Gasteiger partial charge is 0.497 e. The van der Waals surface area contributed by atoms with Crippen molar-refractivity contribution in [1.29, 1.82) is 0 Å². The van der Waals surface area contributed by atoms with Gasteiger partial charge in [0.2, 0.25) is 0 Å². The van der Waals surface area contributed by atoms with E-state index in [0.29, 0.717) is 28.4 Å². The number of carbonyl (C=O) groups excluding carboxylic acids is 1. The van der Waals surface area contributed by atoms with E-state index in [1.807, 2.05) is 13.0 Å². The van der Waals surface area contributed by atoms with Gasteiger partial charge in [0, 0.05) is 11.6 Å². The van der Waals surface area contributed by atoms with Crippen LogP contribution in [0, 0.1) is 6.92 Å². The average molecular weight is 286 g/mol. The first-order chi connectivity index (χ1) is 10.0. The number of carbonyl (C=O) groups is 1. The molecule has 0 atom stereocenters. The second-order valence-corrected chi connectivity index (χ2v) is 4.59. The van der Waals surface area contributed by atoms with Crippen LogP contribution in [0.4, 0.5) is 11.4 Å². The van der Waals surface area contributed by atoms with Gasteiger partial charge in [-0.05, 0) is 36.8 Å². The van der Waals surface area contributed by atoms with Crippen LogP contribution in [0.5, 0.6) is 11.5 Å². The summed E-state index contributed by atoms with van der Waals surface area (Å²) in [5.41, 5.74) is 8.35. The van der Waals surface area contributed by atoms with Gasteiger partial charge in [0.1, 0.15) is 11.5 Å². The van der Waals surface area contributed by atoms with Crippen molar-refractivity contribution in [2.75, 3.05) is 25.3 Å². The molecule has 3 N–H and O–H groups in total. The molecule has 2 aromatic rings. The van der Waals surface area contributed by atoms with Crippen LogP contribution < -0.4 is 20.5 Å². The zero-order valence-corrected chi connectivity index (χ0v) is 12.3. The van der Waals surface area contributed by atoms with Crippen molar-refractivity contribution in [3.63, 3.8) is 0 Å². The smallest absolute Gasteiger partial charge is 0.255 e. The van der Waals surface area contributed by atoms with E-state index in [2.05, 4.69) is 5.32 Å². The Bertz CT molecular complexity index is 669. The van der Waals surface area contributed by atoms with Gasteiger partial charge >= 0.3 is 0 Å². The van der Waals surface area contributed by atoms with Crippen LogP contribution in [0.25, 0.3) is 0 Å². The molecule has 0 saturated carbocycles. The van der Waals surface area contributed by atoms with Crippen molar-refractivity contribution in [1.82, 2.24) is 0 Å². The molecule has 0 aliphatic carbocycles. The van der Waals surface area contributed by atoms with Crippen LogP contribution in [-0.2, 0) is 0 Å². The van der Waals surface area contributed by atoms with E-state index in [0.717, 1.165) is 5.56 Å². The predicted molar refractivity (Wildman–Crippen MR) is 83.1 cm³/mol. The van der Waals surface area contributed by atoms with E-state index in [4.69, 9.17) is 15.2 Å². The molecule has 0 aliphatic rings. The number of anilines is 2. The summed E-state index contributed by atoms with van der Waals surface area (Å²) >= 11 is 0. The highest BCUT2D eigenvalue weighted by molar-refractivity contribution is 6.06. The van der Waals surface area contributed by atoms with Crippen molar-refractivity contribution in [3.8, 4) is 11.5 Å². The Morgan fingerprint density at radius 1 is 1.10 bits per heavy atom. The maximum absolute atomic E-state index is 12.2. The predicted octanol–water partition coefficient (Wildman–Crippen LogP) is 2.85. The first-order valence-corrected chi connectivity index (χ1v) is 6.44. The van der Waals surface area contributed by atoms with Gasteiger partial charge in [-0.3, -0.25) is 4.79 Å². The molecule has 0 fully saturated rings. The van der Waals surface area contributed by atoms with E-state index in [1.54, 1.807) is 44.6 Å². The fourth-order valence-electron chi connectivity index (χ4n) is 1.94. The first kappa shape index (κ1) is 14.7. The SMILES string of the molecule is COc1ccc(NC(=O)c2ccc(C)c(OC)c2)c(N)c1. The molecule has 1 amide bonds. The lowest BCUT2D eigenvalue weighted by Crippen LogP contribution is -2.13. The van der Waals surface area contributed by atoms with Gasteiger partial charge in [-0.2, -0.15) is 0 Å². The zero-order chi connectivity index (χ0) is 15.4. The van der Waals surface area contributed by atoms with Gasteiger partial charge in [0.25, 0.3) is 5.91 Å². The Balaban J connectivity index is 2.22. The highest BCUT2D eigenvalue weighted by Crippen LogP contribution is 2.25. The number of hydrogen-bond acceptors (Lipinski definition) is 4. The number of nitrogens with one attached hydrogen (secondary N) is 1. The van der Waals surface area contributed by atoms with Gasteiger partial charge in [-0.1, -0.05) is 6.07 Å². The summed E-state index contributed by atoms with van der Waals surface area (Å²) in [4.78, 5) is 12.2. The molecular formula is C16H18N2O3. The van der Waals surface area contributed by atoms with Gasteiger partial charge in [0.15, 0.2) is 0 Å². The summed E-state index contributed by atoms with van der Waals surface area (Å²) in [6, 6.07) is 10.4. The highest BCUT2D eigenvalue weighted by atomic mass is 16.5. The third-order valence-electron chi connectivity index (χ3n) is 3.18. The number of rotatable bonds is 4. The zero-order valence-electron chi connectivity index (χ0n) is 12.3. The van der Waals surface area contributed by atoms with Crippen LogP contribution in [0.2, 0.25) is 0 Å². The summed E-state index contributed by atoms with van der Waals surface area (Å²) in [6.45, 7) is 1.92. The summed E-state index contributed by atoms with van der Waals surface area (Å²) in [7, 11) is 3.14. The Labute approximate surface area is 123 Å². The molecule has 5 nitrogen and oxygen atoms in total. The molecule has 0 bridgehead atoms. The second-order valence-electron chi connectivity index (χ2n) is 4.59. The molecule has 0 spiro atoms. The number of aryl methyl sites for hydroxylation is 1. The molecule has 21 heavy (non-hydrogen) atoms. The molecule has 5 heteroatoms. The number of nitrogen functional groups attached to an aromatic ring is 1. The lowest BCUT2D eigenvalue weighted by Gasteiger charge is -2.11. The van der Waals surface area contributed by atoms with Crippen LogP contribution in [0.1, 0.15) is 15.9 Å². The number of amides is 1. The second kappa shape index (κ2) is 6.17. The summed E-state index contributed by atoms with van der Waals surface area (Å²) in [6.07, 6.45) is 0. The lowest BCUT2D eigenvalue weighted by atomic mass is 10.1. The van der Waals surface area contributed by atoms with Crippen LogP contribution in [-0.4, -0.2) is 20.1 Å². The van der Waals surface area contributed by atoms with Gasteiger partial charge in [-0.25, -0.2) is 0 Å². The van der Waals surface area contributed by atoms with Crippen LogP contribution in [0.15, 0.2) is 36.4 Å². The van der Waals surface area contributed by atoms with E-state index >= 15 is 0 Å². The Morgan fingerprint density at radius 3 is 2.48 bits per heavy atom. The van der Waals surface area contributed by atoms with E-state index in [1.165, 1.54) is 0 Å². The molecule has 0 aliphatic heterocycles. The van der Waals surface area contributed by atoms with Gasteiger partial charge < -0.3 is 20.5 Å². The van der Waals surface area contributed by atoms with Crippen LogP contribution in [0.3, 0.4) is 0 Å². The number of methoxy groups -OCH3 is 2. The molecule has 0 aromatic heterocycles. The molecule has 0 heterocycles. The standard InChI is InChI=1S/C16H18N2O3/c1-10-4-5-11(8-15(10)21-3)16(19)18-14-7-6-12(20-2)9-13(14)17/h4-9H,17H2,1-3H3,(H,18,19). The van der Waals surface area contributed by atoms with Crippen molar-refractivity contribution in [2.45, 2.75) is 6.92 Å². The number of ether oxygens (including phenoxy) is 2. The van der Waals surface area contributed by atoms with Crippen molar-refractivity contribution < 1.29 is 14.3 Å². The van der Waals surface area contributed by atoms with Gasteiger partial charge in [0.05, 0.1) is 25.6 Å². The number of benzene rings is 2. The Morgan fingerprint density at radius 2 is 1.86 bits per heavy atom. The van der Waals surface area contributed by atoms with Gasteiger partial charge in [-0.15, -0.1) is 0 Å². The van der Waals surface area contributed by atoms with E-state index in [-0.39, 0.29) is 5.91 Å². The van der Waals surface area contributed by atoms with Crippen LogP contribution >= 0.6 is 0 Å². The molecule has 2 aromatic carbocycles. The minimum Gasteiger partial charge on any atom is -0.497 e. The molecule has 0 radical (unpaired) electrons. The third-order valence-corrected chi connectivity index (χ3v) is 3.18. The van der Waals surface area contributed by atoms with Crippen molar-refractivity contribution in [3.05, 3.63) is 47.5 Å². The summed E-state index contributed by atoms with van der Waals surface area (Å²) in [5, 5.41) is 2.77. The highest BCUT2D eigenvalue weighted by Gasteiger charge is 2.10. The number of nitrogens with two attached hydrogens (primary N) is 1. The van der Waals surface area contributed by atoms with E-state index < -0.39 is 0 Å². The lowest BCUT2D eigenvalue weighted by molar-refractivity contribution is 0.102. The summed E-state index contributed by atoms with van der Waals surface area (Å²) < 4.78 is 10.3. The maximum Gasteiger partial charge on any atom is 0.255 e. The monoisotopic (exact) mass is 286 g/mol. The third kappa shape index (κ3) is 3.25. The van der Waals surface area contributed by atoms with Crippen molar-refractivity contribution >= 4 is 17.3 Å². The maximum atomic E-state index is 12.2. The summed E-state index contributed by atoms with van der Waals surface area (Å²) in [5.74, 6) is 1.07. The molecule has 0 unspecified atom stereocenters. The quantitative estimate of drug-likeness (QED) is 0.848. The number of hydrogen-bond donors (Lipinski definition) is 2.